The van der Waals surface area contributed by atoms with Crippen LogP contribution in [0.15, 0.2) is 0 Å². The summed E-state index contributed by atoms with van der Waals surface area (Å²) >= 11 is 0. The molecule has 60 valence electrons. The van der Waals surface area contributed by atoms with Gasteiger partial charge in [-0.15, -0.1) is 0 Å². The fraction of sp³-hybridized carbons (Fsp3) is 0.857. The first-order valence-electron chi connectivity index (χ1n) is 3.52. The molecule has 0 spiro atoms. The summed E-state index contributed by atoms with van der Waals surface area (Å²) in [5, 5.41) is 0. The van der Waals surface area contributed by atoms with E-state index in [4.69, 9.17) is 10.5 Å². The summed E-state index contributed by atoms with van der Waals surface area (Å²) in [5.74, 6) is 0.206. The normalized spacial score (nSPS) is 10.0. The first kappa shape index (κ1) is 9.43. The first-order chi connectivity index (χ1) is 4.66. The molecule has 0 saturated carbocycles. The minimum Gasteiger partial charge on any atom is -0.465 e. The number of rotatable bonds is 4. The van der Waals surface area contributed by atoms with Crippen molar-refractivity contribution in [3.8, 4) is 0 Å². The highest BCUT2D eigenvalue weighted by Gasteiger charge is 2.01. The van der Waals surface area contributed by atoms with Gasteiger partial charge in [-0.05, 0) is 5.92 Å². The number of ether oxygens (including phenoxy) is 1. The van der Waals surface area contributed by atoms with Gasteiger partial charge in [0.2, 0.25) is 0 Å². The van der Waals surface area contributed by atoms with Crippen molar-refractivity contribution in [1.82, 2.24) is 0 Å². The highest BCUT2D eigenvalue weighted by atomic mass is 16.5. The molecule has 0 aromatic heterocycles. The zero-order valence-corrected chi connectivity index (χ0v) is 6.59. The van der Waals surface area contributed by atoms with Crippen molar-refractivity contribution in [1.29, 1.82) is 0 Å². The van der Waals surface area contributed by atoms with Gasteiger partial charge in [0.15, 0.2) is 0 Å². The lowest BCUT2D eigenvalue weighted by Crippen LogP contribution is -2.13. The molecule has 10 heavy (non-hydrogen) atoms. The summed E-state index contributed by atoms with van der Waals surface area (Å²) in [6, 6.07) is 0. The summed E-state index contributed by atoms with van der Waals surface area (Å²) in [7, 11) is 0. The molecule has 3 heteroatoms. The van der Waals surface area contributed by atoms with E-state index < -0.39 is 0 Å². The minimum atomic E-state index is -0.198. The van der Waals surface area contributed by atoms with Gasteiger partial charge in [0.05, 0.1) is 13.0 Å². The zero-order valence-electron chi connectivity index (χ0n) is 6.59. The Balaban J connectivity index is 3.22. The highest BCUT2D eigenvalue weighted by Crippen LogP contribution is 1.93. The van der Waals surface area contributed by atoms with Crippen LogP contribution in [0.3, 0.4) is 0 Å². The van der Waals surface area contributed by atoms with Crippen LogP contribution in [-0.4, -0.2) is 19.1 Å². The molecule has 0 aromatic rings. The Morgan fingerprint density at radius 2 is 2.20 bits per heavy atom. The Morgan fingerprint density at radius 1 is 1.60 bits per heavy atom. The quantitative estimate of drug-likeness (QED) is 0.587. The fourth-order valence-electron chi connectivity index (χ4n) is 0.450. The van der Waals surface area contributed by atoms with E-state index in [0.29, 0.717) is 25.5 Å². The molecular weight excluding hydrogens is 130 g/mol. The van der Waals surface area contributed by atoms with Crippen LogP contribution in [0.2, 0.25) is 0 Å². The molecule has 0 unspecified atom stereocenters. The fourth-order valence-corrected chi connectivity index (χ4v) is 0.450. The summed E-state index contributed by atoms with van der Waals surface area (Å²) in [5.41, 5.74) is 5.13. The van der Waals surface area contributed by atoms with Gasteiger partial charge in [0.25, 0.3) is 0 Å². The largest absolute Gasteiger partial charge is 0.465 e. The number of hydrogen-bond donors (Lipinski definition) is 1. The zero-order chi connectivity index (χ0) is 7.98. The summed E-state index contributed by atoms with van der Waals surface area (Å²) in [6.45, 7) is 4.86. The van der Waals surface area contributed by atoms with Crippen molar-refractivity contribution < 1.29 is 9.53 Å². The van der Waals surface area contributed by atoms with Gasteiger partial charge in [-0.2, -0.15) is 0 Å². The van der Waals surface area contributed by atoms with Crippen LogP contribution in [0.1, 0.15) is 20.3 Å². The lowest BCUT2D eigenvalue weighted by molar-refractivity contribution is -0.144. The lowest BCUT2D eigenvalue weighted by Gasteiger charge is -2.05. The van der Waals surface area contributed by atoms with E-state index in [1.165, 1.54) is 0 Å². The van der Waals surface area contributed by atoms with E-state index in [0.717, 1.165) is 0 Å². The minimum absolute atomic E-state index is 0.198. The Hall–Kier alpha value is -0.570. The molecule has 0 radical (unpaired) electrons. The summed E-state index contributed by atoms with van der Waals surface area (Å²) in [6.07, 6.45) is 0.326. The number of nitrogens with two attached hydrogens (primary N) is 1. The van der Waals surface area contributed by atoms with Crippen molar-refractivity contribution >= 4 is 5.97 Å². The first-order valence-corrected chi connectivity index (χ1v) is 3.52. The number of carbonyl (C=O) groups excluding carboxylic acids is 1. The van der Waals surface area contributed by atoms with Crippen LogP contribution < -0.4 is 5.73 Å². The number of esters is 1. The van der Waals surface area contributed by atoms with Gasteiger partial charge in [0.1, 0.15) is 0 Å². The lowest BCUT2D eigenvalue weighted by atomic mass is 10.2. The van der Waals surface area contributed by atoms with E-state index in [1.54, 1.807) is 0 Å². The monoisotopic (exact) mass is 145 g/mol. The summed E-state index contributed by atoms with van der Waals surface area (Å²) < 4.78 is 4.82. The molecule has 0 aliphatic rings. The average Bonchev–Trinajstić information content (AvgIpc) is 1.85. The van der Waals surface area contributed by atoms with Crippen molar-refractivity contribution in [2.24, 2.45) is 11.7 Å². The molecule has 3 nitrogen and oxygen atoms in total. The Morgan fingerprint density at radius 3 is 2.60 bits per heavy atom. The van der Waals surface area contributed by atoms with Gasteiger partial charge < -0.3 is 10.5 Å². The van der Waals surface area contributed by atoms with Crippen LogP contribution in [0, 0.1) is 5.92 Å². The van der Waals surface area contributed by atoms with Crippen molar-refractivity contribution in [2.45, 2.75) is 20.3 Å². The van der Waals surface area contributed by atoms with E-state index in [9.17, 15) is 4.79 Å². The van der Waals surface area contributed by atoms with E-state index >= 15 is 0 Å². The van der Waals surface area contributed by atoms with Crippen LogP contribution in [0.5, 0.6) is 0 Å². The second kappa shape index (κ2) is 5.23. The Labute approximate surface area is 61.5 Å². The highest BCUT2D eigenvalue weighted by molar-refractivity contribution is 5.69. The average molecular weight is 145 g/mol. The molecule has 0 fully saturated rings. The molecule has 0 rings (SSSR count). The van der Waals surface area contributed by atoms with Crippen LogP contribution in [0.4, 0.5) is 0 Å². The third kappa shape index (κ3) is 5.56. The summed E-state index contributed by atoms with van der Waals surface area (Å²) in [4.78, 5) is 10.6. The Kier molecular flexibility index (Phi) is 4.94. The topological polar surface area (TPSA) is 52.3 Å². The second-order valence-electron chi connectivity index (χ2n) is 2.62. The van der Waals surface area contributed by atoms with E-state index in [2.05, 4.69) is 0 Å². The predicted octanol–water partition coefficient (Wildman–Crippen LogP) is 0.534. The van der Waals surface area contributed by atoms with Crippen LogP contribution >= 0.6 is 0 Å². The third-order valence-corrected chi connectivity index (χ3v) is 0.926. The van der Waals surface area contributed by atoms with Gasteiger partial charge in [-0.25, -0.2) is 0 Å². The molecule has 0 saturated heterocycles. The maximum Gasteiger partial charge on any atom is 0.307 e. The molecular formula is C7H15NO2. The molecule has 0 atom stereocenters. The maximum atomic E-state index is 10.6. The molecule has 0 aliphatic heterocycles. The SMILES string of the molecule is CC(C)COC(=O)CCN. The Bertz CT molecular complexity index is 102. The number of hydrogen-bond acceptors (Lipinski definition) is 3. The van der Waals surface area contributed by atoms with Crippen LogP contribution in [-0.2, 0) is 9.53 Å². The number of carbonyl (C=O) groups is 1. The van der Waals surface area contributed by atoms with Gasteiger partial charge >= 0.3 is 5.97 Å². The standard InChI is InChI=1S/C7H15NO2/c1-6(2)5-10-7(9)3-4-8/h6H,3-5,8H2,1-2H3. The molecule has 0 bridgehead atoms. The molecule has 0 aromatic carbocycles. The van der Waals surface area contributed by atoms with Crippen molar-refractivity contribution in [3.05, 3.63) is 0 Å². The predicted molar refractivity (Wildman–Crippen MR) is 39.5 cm³/mol. The molecule has 0 aliphatic carbocycles. The van der Waals surface area contributed by atoms with E-state index in [-0.39, 0.29) is 5.97 Å². The van der Waals surface area contributed by atoms with Gasteiger partial charge in [0, 0.05) is 6.54 Å². The van der Waals surface area contributed by atoms with E-state index in [1.807, 2.05) is 13.8 Å². The van der Waals surface area contributed by atoms with Crippen molar-refractivity contribution in [3.63, 3.8) is 0 Å². The maximum absolute atomic E-state index is 10.6. The molecule has 2 N–H and O–H groups in total. The molecule has 0 amide bonds. The molecule has 0 heterocycles. The third-order valence-electron chi connectivity index (χ3n) is 0.926. The van der Waals surface area contributed by atoms with Crippen molar-refractivity contribution in [2.75, 3.05) is 13.2 Å². The second-order valence-corrected chi connectivity index (χ2v) is 2.62. The smallest absolute Gasteiger partial charge is 0.307 e. The van der Waals surface area contributed by atoms with Crippen LogP contribution in [0.25, 0.3) is 0 Å². The van der Waals surface area contributed by atoms with Gasteiger partial charge in [-0.3, -0.25) is 4.79 Å². The van der Waals surface area contributed by atoms with Gasteiger partial charge in [-0.1, -0.05) is 13.8 Å².